The van der Waals surface area contributed by atoms with Crippen molar-refractivity contribution >= 4 is 22.8 Å². The van der Waals surface area contributed by atoms with Gasteiger partial charge in [0.2, 0.25) is 5.91 Å². The maximum atomic E-state index is 12.1. The molecule has 118 valence electrons. The van der Waals surface area contributed by atoms with Crippen LogP contribution in [-0.2, 0) is 11.3 Å². The predicted octanol–water partition coefficient (Wildman–Crippen LogP) is 1.10. The van der Waals surface area contributed by atoms with Crippen LogP contribution < -0.4 is 10.6 Å². The number of aryl methyl sites for hydroxylation is 1. The van der Waals surface area contributed by atoms with Crippen LogP contribution in [0.1, 0.15) is 38.1 Å². The quantitative estimate of drug-likeness (QED) is 0.885. The van der Waals surface area contributed by atoms with Crippen molar-refractivity contribution in [3.63, 3.8) is 0 Å². The summed E-state index contributed by atoms with van der Waals surface area (Å²) in [7, 11) is 0. The Morgan fingerprint density at radius 3 is 2.64 bits per heavy atom. The molecule has 0 spiro atoms. The largest absolute Gasteiger partial charge is 0.350 e. The van der Waals surface area contributed by atoms with Gasteiger partial charge in [0.25, 0.3) is 5.91 Å². The minimum absolute atomic E-state index is 0.0597. The molecule has 0 aliphatic carbocycles. The first-order chi connectivity index (χ1) is 10.3. The molecule has 0 atom stereocenters. The number of hydrogen-bond donors (Lipinski definition) is 2. The lowest BCUT2D eigenvalue weighted by atomic mass is 10.1. The fraction of sp³-hybridized carbons (Fsp3) is 0.467. The summed E-state index contributed by atoms with van der Waals surface area (Å²) in [5, 5.41) is 13.4. The van der Waals surface area contributed by atoms with Crippen molar-refractivity contribution in [1.82, 2.24) is 25.6 Å². The number of carbonyl (C=O) groups is 2. The number of carbonyl (C=O) groups excluding carboxylic acids is 2. The number of nitrogens with one attached hydrogen (secondary N) is 2. The highest BCUT2D eigenvalue weighted by atomic mass is 16.2. The molecular formula is C15H21N5O2. The van der Waals surface area contributed by atoms with Crippen molar-refractivity contribution in [2.75, 3.05) is 6.54 Å². The molecule has 2 aromatic rings. The molecule has 2 amide bonds. The van der Waals surface area contributed by atoms with Gasteiger partial charge < -0.3 is 10.6 Å². The van der Waals surface area contributed by atoms with Crippen molar-refractivity contribution in [2.24, 2.45) is 0 Å². The average Bonchev–Trinajstić information content (AvgIpc) is 2.85. The summed E-state index contributed by atoms with van der Waals surface area (Å²) < 4.78 is 1.76. The lowest BCUT2D eigenvalue weighted by Crippen LogP contribution is -2.45. The topological polar surface area (TPSA) is 88.9 Å². The minimum Gasteiger partial charge on any atom is -0.350 e. The Morgan fingerprint density at radius 1 is 1.27 bits per heavy atom. The van der Waals surface area contributed by atoms with E-state index in [0.717, 1.165) is 12.1 Å². The monoisotopic (exact) mass is 303 g/mol. The molecule has 0 saturated carbocycles. The molecule has 1 aromatic heterocycles. The Kier molecular flexibility index (Phi) is 4.44. The second-order valence-electron chi connectivity index (χ2n) is 6.09. The summed E-state index contributed by atoms with van der Waals surface area (Å²) in [5.41, 5.74) is 1.68. The average molecular weight is 303 g/mol. The summed E-state index contributed by atoms with van der Waals surface area (Å²) in [5.74, 6) is -0.532. The standard InChI is InChI=1S/C15H21N5O2/c1-5-20-12-7-6-10(8-11(12)18-19-20)14(22)16-9-13(21)17-15(2,3)4/h6-8H,5,9H2,1-4H3,(H,16,22)(H,17,21). The Bertz CT molecular complexity index is 700. The van der Waals surface area contributed by atoms with Gasteiger partial charge >= 0.3 is 0 Å². The minimum atomic E-state index is -0.320. The van der Waals surface area contributed by atoms with E-state index in [0.29, 0.717) is 11.1 Å². The van der Waals surface area contributed by atoms with E-state index in [4.69, 9.17) is 0 Å². The first-order valence-corrected chi connectivity index (χ1v) is 7.22. The Balaban J connectivity index is 2.02. The number of amides is 2. The maximum absolute atomic E-state index is 12.1. The second-order valence-corrected chi connectivity index (χ2v) is 6.09. The van der Waals surface area contributed by atoms with E-state index < -0.39 is 0 Å². The van der Waals surface area contributed by atoms with Crippen LogP contribution in [0.4, 0.5) is 0 Å². The highest BCUT2D eigenvalue weighted by Crippen LogP contribution is 2.13. The number of aromatic nitrogens is 3. The molecule has 2 N–H and O–H groups in total. The van der Waals surface area contributed by atoms with Gasteiger partial charge in [-0.2, -0.15) is 0 Å². The number of rotatable bonds is 4. The third kappa shape index (κ3) is 3.81. The van der Waals surface area contributed by atoms with E-state index in [-0.39, 0.29) is 23.9 Å². The molecule has 2 rings (SSSR count). The lowest BCUT2D eigenvalue weighted by molar-refractivity contribution is -0.121. The maximum Gasteiger partial charge on any atom is 0.251 e. The van der Waals surface area contributed by atoms with E-state index in [1.54, 1.807) is 16.8 Å². The number of benzene rings is 1. The van der Waals surface area contributed by atoms with Crippen LogP contribution in [0, 0.1) is 0 Å². The molecule has 0 saturated heterocycles. The highest BCUT2D eigenvalue weighted by Gasteiger charge is 2.15. The van der Waals surface area contributed by atoms with Gasteiger partial charge in [0.15, 0.2) is 0 Å². The molecule has 0 radical (unpaired) electrons. The second kappa shape index (κ2) is 6.13. The van der Waals surface area contributed by atoms with Crippen molar-refractivity contribution < 1.29 is 9.59 Å². The normalized spacial score (nSPS) is 11.5. The zero-order chi connectivity index (χ0) is 16.3. The van der Waals surface area contributed by atoms with Crippen LogP contribution in [-0.4, -0.2) is 38.9 Å². The first-order valence-electron chi connectivity index (χ1n) is 7.22. The summed E-state index contributed by atoms with van der Waals surface area (Å²) in [4.78, 5) is 23.8. The molecule has 1 heterocycles. The van der Waals surface area contributed by atoms with Crippen LogP contribution in [0.25, 0.3) is 11.0 Å². The van der Waals surface area contributed by atoms with Crippen LogP contribution in [0.3, 0.4) is 0 Å². The Morgan fingerprint density at radius 2 is 2.00 bits per heavy atom. The molecule has 1 aromatic carbocycles. The Labute approximate surface area is 129 Å². The van der Waals surface area contributed by atoms with Crippen LogP contribution in [0.2, 0.25) is 0 Å². The van der Waals surface area contributed by atoms with E-state index in [2.05, 4.69) is 20.9 Å². The molecule has 0 fully saturated rings. The van der Waals surface area contributed by atoms with Gasteiger partial charge in [-0.3, -0.25) is 9.59 Å². The van der Waals surface area contributed by atoms with Gasteiger partial charge in [-0.15, -0.1) is 5.10 Å². The van der Waals surface area contributed by atoms with Crippen LogP contribution in [0.5, 0.6) is 0 Å². The Hall–Kier alpha value is -2.44. The molecule has 0 unspecified atom stereocenters. The summed E-state index contributed by atoms with van der Waals surface area (Å²) >= 11 is 0. The van der Waals surface area contributed by atoms with Crippen molar-refractivity contribution in [2.45, 2.75) is 39.8 Å². The summed E-state index contributed by atoms with van der Waals surface area (Å²) in [6.07, 6.45) is 0. The molecule has 22 heavy (non-hydrogen) atoms. The third-order valence-electron chi connectivity index (χ3n) is 3.00. The van der Waals surface area contributed by atoms with Gasteiger partial charge in [-0.05, 0) is 45.9 Å². The van der Waals surface area contributed by atoms with E-state index in [1.807, 2.05) is 33.8 Å². The van der Waals surface area contributed by atoms with Gasteiger partial charge in [-0.1, -0.05) is 5.21 Å². The first kappa shape index (κ1) is 15.9. The zero-order valence-corrected chi connectivity index (χ0v) is 13.3. The zero-order valence-electron chi connectivity index (χ0n) is 13.3. The number of fused-ring (bicyclic) bond motifs is 1. The van der Waals surface area contributed by atoms with Gasteiger partial charge in [-0.25, -0.2) is 4.68 Å². The molecule has 7 heteroatoms. The van der Waals surface area contributed by atoms with E-state index in [1.165, 1.54) is 0 Å². The van der Waals surface area contributed by atoms with Crippen LogP contribution in [0.15, 0.2) is 18.2 Å². The summed E-state index contributed by atoms with van der Waals surface area (Å²) in [6, 6.07) is 5.18. The van der Waals surface area contributed by atoms with Crippen LogP contribution >= 0.6 is 0 Å². The third-order valence-corrected chi connectivity index (χ3v) is 3.00. The van der Waals surface area contributed by atoms with Gasteiger partial charge in [0.05, 0.1) is 12.1 Å². The van der Waals surface area contributed by atoms with E-state index in [9.17, 15) is 9.59 Å². The SMILES string of the molecule is CCn1nnc2cc(C(=O)NCC(=O)NC(C)(C)C)ccc21. The predicted molar refractivity (Wildman–Crippen MR) is 83.4 cm³/mol. The number of nitrogens with zero attached hydrogens (tertiary/aromatic N) is 3. The highest BCUT2D eigenvalue weighted by molar-refractivity contribution is 5.98. The molecule has 7 nitrogen and oxygen atoms in total. The van der Waals surface area contributed by atoms with Crippen molar-refractivity contribution in [3.8, 4) is 0 Å². The van der Waals surface area contributed by atoms with Crippen molar-refractivity contribution in [3.05, 3.63) is 23.8 Å². The molecule has 0 aliphatic heterocycles. The van der Waals surface area contributed by atoms with E-state index >= 15 is 0 Å². The fourth-order valence-corrected chi connectivity index (χ4v) is 2.07. The fourth-order valence-electron chi connectivity index (χ4n) is 2.07. The van der Waals surface area contributed by atoms with Crippen molar-refractivity contribution in [1.29, 1.82) is 0 Å². The number of hydrogen-bond acceptors (Lipinski definition) is 4. The molecule has 0 aliphatic rings. The summed E-state index contributed by atoms with van der Waals surface area (Å²) in [6.45, 7) is 8.29. The van der Waals surface area contributed by atoms with Gasteiger partial charge in [0, 0.05) is 17.6 Å². The van der Waals surface area contributed by atoms with Gasteiger partial charge in [0.1, 0.15) is 5.52 Å². The molecule has 0 bridgehead atoms. The molecular weight excluding hydrogens is 282 g/mol. The smallest absolute Gasteiger partial charge is 0.251 e. The lowest BCUT2D eigenvalue weighted by Gasteiger charge is -2.20.